The van der Waals surface area contributed by atoms with E-state index in [1.54, 1.807) is 0 Å². The summed E-state index contributed by atoms with van der Waals surface area (Å²) in [6.07, 6.45) is 12.1. The van der Waals surface area contributed by atoms with E-state index in [1.165, 1.54) is 18.4 Å². The third kappa shape index (κ3) is 3.75. The van der Waals surface area contributed by atoms with Crippen LogP contribution < -0.4 is 10.9 Å². The van der Waals surface area contributed by atoms with Gasteiger partial charge in [0.2, 0.25) is 5.96 Å². The van der Waals surface area contributed by atoms with Gasteiger partial charge in [0.15, 0.2) is 0 Å². The Kier molecular flexibility index (Phi) is 6.10. The lowest BCUT2D eigenvalue weighted by molar-refractivity contribution is -0.207. The van der Waals surface area contributed by atoms with Gasteiger partial charge in [-0.05, 0) is 93.8 Å². The van der Waals surface area contributed by atoms with Crippen LogP contribution in [0.4, 0.5) is 0 Å². The van der Waals surface area contributed by atoms with Crippen molar-refractivity contribution in [2.24, 2.45) is 39.5 Å². The lowest BCUT2D eigenvalue weighted by atomic mass is 9.43. The molecule has 0 saturated heterocycles. The minimum atomic E-state index is -0.547. The highest BCUT2D eigenvalue weighted by Gasteiger charge is 2.66. The second-order valence-corrected chi connectivity index (χ2v) is 12.6. The van der Waals surface area contributed by atoms with Gasteiger partial charge in [0, 0.05) is 25.6 Å². The van der Waals surface area contributed by atoms with Crippen molar-refractivity contribution in [2.45, 2.75) is 90.3 Å². The van der Waals surface area contributed by atoms with Crippen LogP contribution in [0, 0.1) is 34.5 Å². The monoisotopic (exact) mass is 458 g/mol. The molecule has 0 aromatic heterocycles. The zero-order valence-electron chi connectivity index (χ0n) is 21.2. The van der Waals surface area contributed by atoms with E-state index in [9.17, 15) is 10.2 Å². The normalized spacial score (nSPS) is 47.6. The highest BCUT2D eigenvalue weighted by Crippen LogP contribution is 2.69. The number of rotatable bonds is 4. The number of aliphatic hydroxyl groups excluding tert-OH is 1. The Labute approximate surface area is 200 Å². The Morgan fingerprint density at radius 1 is 1.12 bits per heavy atom. The number of guanidine groups is 1. The van der Waals surface area contributed by atoms with Crippen LogP contribution in [0.5, 0.6) is 0 Å². The SMILES string of the molecule is C/C(=C\[C@H]1CC[C@]2(O)[C@@H]3CC[C@@H]4C[C@@H](O)CC[C@]4(C)[C@H]3CC[C@]12C)CNNC1=NCCN1C. The molecule has 0 radical (unpaired) electrons. The number of nitrogens with zero attached hydrogens (tertiary/aromatic N) is 2. The summed E-state index contributed by atoms with van der Waals surface area (Å²) in [6.45, 7) is 9.70. The molecule has 4 saturated carbocycles. The van der Waals surface area contributed by atoms with Crippen LogP contribution >= 0.6 is 0 Å². The molecule has 4 N–H and O–H groups in total. The Balaban J connectivity index is 1.27. The van der Waals surface area contributed by atoms with Crippen molar-refractivity contribution in [3.8, 4) is 0 Å². The van der Waals surface area contributed by atoms with E-state index in [1.807, 2.05) is 0 Å². The number of hydrogen-bond donors (Lipinski definition) is 4. The Bertz CT molecular complexity index is 814. The maximum atomic E-state index is 12.3. The summed E-state index contributed by atoms with van der Waals surface area (Å²) >= 11 is 0. The minimum Gasteiger partial charge on any atom is -0.393 e. The number of aliphatic hydroxyl groups is 2. The molecule has 0 aromatic rings. The van der Waals surface area contributed by atoms with Crippen LogP contribution in [0.15, 0.2) is 16.6 Å². The van der Waals surface area contributed by atoms with Crippen molar-refractivity contribution >= 4 is 5.96 Å². The Hall–Kier alpha value is -1.11. The molecular formula is C27H46N4O2. The topological polar surface area (TPSA) is 80.1 Å². The van der Waals surface area contributed by atoms with Gasteiger partial charge in [0.1, 0.15) is 0 Å². The van der Waals surface area contributed by atoms with E-state index in [2.05, 4.69) is 54.6 Å². The summed E-state index contributed by atoms with van der Waals surface area (Å²) in [5.74, 6) is 3.03. The average molecular weight is 459 g/mol. The molecule has 0 amide bonds. The van der Waals surface area contributed by atoms with Gasteiger partial charge in [-0.15, -0.1) is 0 Å². The number of allylic oxidation sites excluding steroid dienone is 1. The zero-order chi connectivity index (χ0) is 23.4. The van der Waals surface area contributed by atoms with Crippen molar-refractivity contribution in [1.29, 1.82) is 0 Å². The molecule has 0 bridgehead atoms. The fourth-order valence-corrected chi connectivity index (χ4v) is 8.84. The number of fused-ring (bicyclic) bond motifs is 5. The summed E-state index contributed by atoms with van der Waals surface area (Å²) in [4.78, 5) is 6.60. The Morgan fingerprint density at radius 2 is 1.94 bits per heavy atom. The van der Waals surface area contributed by atoms with E-state index in [0.29, 0.717) is 29.1 Å². The molecule has 1 heterocycles. The predicted molar refractivity (Wildman–Crippen MR) is 133 cm³/mol. The first-order chi connectivity index (χ1) is 15.7. The molecule has 6 heteroatoms. The van der Waals surface area contributed by atoms with Crippen molar-refractivity contribution < 1.29 is 10.2 Å². The molecule has 4 fully saturated rings. The van der Waals surface area contributed by atoms with Crippen LogP contribution in [-0.4, -0.2) is 59.5 Å². The third-order valence-electron chi connectivity index (χ3n) is 11.0. The largest absolute Gasteiger partial charge is 0.393 e. The summed E-state index contributed by atoms with van der Waals surface area (Å²) in [7, 11) is 2.06. The smallest absolute Gasteiger partial charge is 0.208 e. The molecule has 5 aliphatic rings. The molecule has 6 nitrogen and oxygen atoms in total. The van der Waals surface area contributed by atoms with Crippen LogP contribution in [0.3, 0.4) is 0 Å². The molecular weight excluding hydrogens is 412 g/mol. The molecule has 5 rings (SSSR count). The van der Waals surface area contributed by atoms with Gasteiger partial charge >= 0.3 is 0 Å². The molecule has 0 unspecified atom stereocenters. The van der Waals surface area contributed by atoms with Crippen molar-refractivity contribution in [3.05, 3.63) is 11.6 Å². The maximum Gasteiger partial charge on any atom is 0.208 e. The number of hydrogen-bond acceptors (Lipinski definition) is 6. The summed E-state index contributed by atoms with van der Waals surface area (Å²) in [5, 5.41) is 22.6. The molecule has 8 atom stereocenters. The van der Waals surface area contributed by atoms with Crippen LogP contribution in [0.2, 0.25) is 0 Å². The summed E-state index contributed by atoms with van der Waals surface area (Å²) in [5.41, 5.74) is 7.64. The molecule has 1 aliphatic heterocycles. The summed E-state index contributed by atoms with van der Waals surface area (Å²) in [6, 6.07) is 0. The quantitative estimate of drug-likeness (QED) is 0.383. The van der Waals surface area contributed by atoms with Crippen LogP contribution in [0.1, 0.15) is 78.6 Å². The van der Waals surface area contributed by atoms with Gasteiger partial charge in [-0.25, -0.2) is 5.43 Å². The van der Waals surface area contributed by atoms with Gasteiger partial charge in [-0.3, -0.25) is 10.4 Å². The Morgan fingerprint density at radius 3 is 2.70 bits per heavy atom. The first-order valence-corrected chi connectivity index (χ1v) is 13.5. The van der Waals surface area contributed by atoms with Gasteiger partial charge < -0.3 is 15.1 Å². The predicted octanol–water partition coefficient (Wildman–Crippen LogP) is 3.46. The van der Waals surface area contributed by atoms with Crippen LogP contribution in [0.25, 0.3) is 0 Å². The van der Waals surface area contributed by atoms with Gasteiger partial charge in [0.05, 0.1) is 18.2 Å². The van der Waals surface area contributed by atoms with Crippen molar-refractivity contribution in [2.75, 3.05) is 26.7 Å². The third-order valence-corrected chi connectivity index (χ3v) is 11.0. The zero-order valence-corrected chi connectivity index (χ0v) is 21.2. The number of hydrazine groups is 1. The van der Waals surface area contributed by atoms with E-state index < -0.39 is 5.60 Å². The van der Waals surface area contributed by atoms with Crippen molar-refractivity contribution in [3.63, 3.8) is 0 Å². The van der Waals surface area contributed by atoms with Crippen LogP contribution in [-0.2, 0) is 0 Å². The second kappa shape index (κ2) is 8.53. The van der Waals surface area contributed by atoms with Gasteiger partial charge in [-0.2, -0.15) is 0 Å². The number of nitrogens with one attached hydrogen (secondary N) is 2. The first-order valence-electron chi connectivity index (χ1n) is 13.5. The van der Waals surface area contributed by atoms with E-state index in [-0.39, 0.29) is 11.5 Å². The fourth-order valence-electron chi connectivity index (χ4n) is 8.84. The average Bonchev–Trinajstić information content (AvgIpc) is 3.29. The highest BCUT2D eigenvalue weighted by atomic mass is 16.3. The number of aliphatic imine (C=N–C) groups is 1. The molecule has 4 aliphatic carbocycles. The molecule has 33 heavy (non-hydrogen) atoms. The molecule has 186 valence electrons. The highest BCUT2D eigenvalue weighted by molar-refractivity contribution is 5.80. The van der Waals surface area contributed by atoms with Gasteiger partial charge in [-0.1, -0.05) is 25.5 Å². The fraction of sp³-hybridized carbons (Fsp3) is 0.889. The summed E-state index contributed by atoms with van der Waals surface area (Å²) < 4.78 is 0. The van der Waals surface area contributed by atoms with Gasteiger partial charge in [0.25, 0.3) is 0 Å². The molecule has 0 spiro atoms. The minimum absolute atomic E-state index is 0.0318. The second-order valence-electron chi connectivity index (χ2n) is 12.6. The van der Waals surface area contributed by atoms with E-state index in [0.717, 1.165) is 70.5 Å². The first kappa shape index (κ1) is 23.6. The van der Waals surface area contributed by atoms with Crippen molar-refractivity contribution in [1.82, 2.24) is 15.8 Å². The standard InChI is InChI=1S/C27H46N4O2/c1-18(17-29-30-24-28-13-14-31(24)4)15-20-7-12-27(33)23-6-5-19-16-21(32)8-10-25(19,2)22(23)9-11-26(20,27)3/h15,19-23,29,32-33H,5-14,16-17H2,1-4H3,(H,28,30)/b18-15+/t19-,20-,21+,22+,23-,25+,26-,27+/m1/s1. The van der Waals surface area contributed by atoms with E-state index in [4.69, 9.17) is 0 Å². The van der Waals surface area contributed by atoms with E-state index >= 15 is 0 Å². The maximum absolute atomic E-state index is 12.3. The number of likely N-dealkylation sites (N-methyl/N-ethyl adjacent to an activating group) is 1. The lowest BCUT2D eigenvalue weighted by Gasteiger charge is -2.63. The molecule has 0 aromatic carbocycles. The lowest BCUT2D eigenvalue weighted by Crippen LogP contribution is -2.62.